The fraction of sp³-hybridized carbons (Fsp3) is 0.615. The Hall–Kier alpha value is -0.740. The van der Waals surface area contributed by atoms with Gasteiger partial charge in [-0.25, -0.2) is 4.98 Å². The Morgan fingerprint density at radius 2 is 2.47 bits per heavy atom. The Morgan fingerprint density at radius 3 is 3.18 bits per heavy atom. The van der Waals surface area contributed by atoms with Crippen molar-refractivity contribution in [2.75, 3.05) is 30.4 Å². The van der Waals surface area contributed by atoms with Gasteiger partial charge in [0, 0.05) is 36.6 Å². The zero-order chi connectivity index (χ0) is 12.1. The smallest absolute Gasteiger partial charge is 0.130 e. The number of thioether (sulfide) groups is 1. The largest absolute Gasteiger partial charge is 0.370 e. The maximum Gasteiger partial charge on any atom is 0.130 e. The van der Waals surface area contributed by atoms with Crippen molar-refractivity contribution in [1.82, 2.24) is 9.88 Å². The fourth-order valence-electron chi connectivity index (χ4n) is 2.16. The lowest BCUT2D eigenvalue weighted by Crippen LogP contribution is -2.31. The van der Waals surface area contributed by atoms with Crippen LogP contribution in [0.3, 0.4) is 0 Å². The van der Waals surface area contributed by atoms with Crippen LogP contribution >= 0.6 is 11.8 Å². The summed E-state index contributed by atoms with van der Waals surface area (Å²) in [6.07, 6.45) is 3.17. The molecular formula is C13H21N3S. The molecule has 0 saturated carbocycles. The van der Waals surface area contributed by atoms with Crippen molar-refractivity contribution in [3.05, 3.63) is 23.9 Å². The van der Waals surface area contributed by atoms with Gasteiger partial charge < -0.3 is 5.32 Å². The summed E-state index contributed by atoms with van der Waals surface area (Å²) in [5.41, 5.74) is 1.30. The van der Waals surface area contributed by atoms with Gasteiger partial charge in [0.1, 0.15) is 5.82 Å². The molecule has 2 rings (SSSR count). The zero-order valence-corrected chi connectivity index (χ0v) is 11.5. The number of hydrogen-bond acceptors (Lipinski definition) is 4. The van der Waals surface area contributed by atoms with Crippen LogP contribution in [0.1, 0.15) is 18.9 Å². The van der Waals surface area contributed by atoms with Crippen LogP contribution in [0.4, 0.5) is 5.82 Å². The molecule has 0 aromatic carbocycles. The minimum Gasteiger partial charge on any atom is -0.370 e. The van der Waals surface area contributed by atoms with Crippen molar-refractivity contribution in [1.29, 1.82) is 0 Å². The lowest BCUT2D eigenvalue weighted by molar-refractivity contribution is 0.254. The Labute approximate surface area is 108 Å². The monoisotopic (exact) mass is 251 g/mol. The van der Waals surface area contributed by atoms with Crippen molar-refractivity contribution in [2.45, 2.75) is 25.9 Å². The molecule has 1 aromatic rings. The van der Waals surface area contributed by atoms with E-state index in [1.54, 1.807) is 0 Å². The Bertz CT molecular complexity index is 350. The van der Waals surface area contributed by atoms with E-state index in [1.165, 1.54) is 23.5 Å². The van der Waals surface area contributed by atoms with Crippen molar-refractivity contribution >= 4 is 17.6 Å². The van der Waals surface area contributed by atoms with E-state index in [-0.39, 0.29) is 0 Å². The first-order valence-corrected chi connectivity index (χ1v) is 7.42. The van der Waals surface area contributed by atoms with Gasteiger partial charge in [0.05, 0.1) is 0 Å². The Morgan fingerprint density at radius 1 is 1.59 bits per heavy atom. The molecule has 0 aliphatic carbocycles. The Kier molecular flexibility index (Phi) is 4.68. The van der Waals surface area contributed by atoms with Crippen LogP contribution in [0.25, 0.3) is 0 Å². The molecule has 0 bridgehead atoms. The summed E-state index contributed by atoms with van der Waals surface area (Å²) in [7, 11) is 2.22. The third kappa shape index (κ3) is 3.36. The van der Waals surface area contributed by atoms with Crippen LogP contribution in [0.2, 0.25) is 0 Å². The molecular weight excluding hydrogens is 230 g/mol. The van der Waals surface area contributed by atoms with Crippen molar-refractivity contribution in [3.63, 3.8) is 0 Å². The molecule has 1 aromatic heterocycles. The minimum atomic E-state index is 0.731. The number of nitrogens with one attached hydrogen (secondary N) is 1. The van der Waals surface area contributed by atoms with E-state index < -0.39 is 0 Å². The SMILES string of the molecule is CCNc1ncccc1CN(C)C1CCSC1. The second-order valence-electron chi connectivity index (χ2n) is 4.47. The quantitative estimate of drug-likeness (QED) is 0.870. The Balaban J connectivity index is 2.01. The first-order valence-electron chi connectivity index (χ1n) is 6.27. The number of hydrogen-bond donors (Lipinski definition) is 1. The molecule has 1 fully saturated rings. The topological polar surface area (TPSA) is 28.2 Å². The maximum absolute atomic E-state index is 4.41. The van der Waals surface area contributed by atoms with Crippen molar-refractivity contribution < 1.29 is 0 Å². The minimum absolute atomic E-state index is 0.731. The second-order valence-corrected chi connectivity index (χ2v) is 5.62. The molecule has 17 heavy (non-hydrogen) atoms. The molecule has 0 radical (unpaired) electrons. The number of nitrogens with zero attached hydrogens (tertiary/aromatic N) is 2. The van der Waals surface area contributed by atoms with Gasteiger partial charge in [-0.3, -0.25) is 4.90 Å². The predicted molar refractivity (Wildman–Crippen MR) is 75.6 cm³/mol. The van der Waals surface area contributed by atoms with Gasteiger partial charge in [-0.15, -0.1) is 0 Å². The number of rotatable bonds is 5. The number of anilines is 1. The summed E-state index contributed by atoms with van der Waals surface area (Å²) >= 11 is 2.06. The molecule has 1 N–H and O–H groups in total. The summed E-state index contributed by atoms with van der Waals surface area (Å²) in [6, 6.07) is 4.92. The molecule has 1 aliphatic heterocycles. The number of pyridine rings is 1. The lowest BCUT2D eigenvalue weighted by Gasteiger charge is -2.24. The standard InChI is InChI=1S/C13H21N3S/c1-3-14-13-11(5-4-7-15-13)9-16(2)12-6-8-17-10-12/h4-5,7,12H,3,6,8-10H2,1-2H3,(H,14,15). The van der Waals surface area contributed by atoms with Crippen LogP contribution in [-0.2, 0) is 6.54 Å². The average Bonchev–Trinajstić information content (AvgIpc) is 2.85. The molecule has 0 amide bonds. The van der Waals surface area contributed by atoms with Gasteiger partial charge in [-0.2, -0.15) is 11.8 Å². The van der Waals surface area contributed by atoms with Gasteiger partial charge in [-0.05, 0) is 32.2 Å². The molecule has 94 valence electrons. The van der Waals surface area contributed by atoms with Gasteiger partial charge in [0.15, 0.2) is 0 Å². The van der Waals surface area contributed by atoms with Crippen molar-refractivity contribution in [3.8, 4) is 0 Å². The molecule has 1 unspecified atom stereocenters. The van der Waals surface area contributed by atoms with Gasteiger partial charge in [-0.1, -0.05) is 6.07 Å². The zero-order valence-electron chi connectivity index (χ0n) is 10.6. The predicted octanol–water partition coefficient (Wildman–Crippen LogP) is 2.45. The van der Waals surface area contributed by atoms with E-state index >= 15 is 0 Å². The average molecular weight is 251 g/mol. The number of aromatic nitrogens is 1. The van der Waals surface area contributed by atoms with Gasteiger partial charge >= 0.3 is 0 Å². The summed E-state index contributed by atoms with van der Waals surface area (Å²) in [5, 5.41) is 3.33. The van der Waals surface area contributed by atoms with Crippen LogP contribution in [0.5, 0.6) is 0 Å². The highest BCUT2D eigenvalue weighted by Crippen LogP contribution is 2.23. The van der Waals surface area contributed by atoms with Crippen LogP contribution in [-0.4, -0.2) is 41.0 Å². The lowest BCUT2D eigenvalue weighted by atomic mass is 10.2. The summed E-state index contributed by atoms with van der Waals surface area (Å²) < 4.78 is 0. The first-order chi connectivity index (χ1) is 8.31. The molecule has 4 heteroatoms. The maximum atomic E-state index is 4.41. The van der Waals surface area contributed by atoms with E-state index in [0.717, 1.165) is 24.9 Å². The molecule has 1 saturated heterocycles. The van der Waals surface area contributed by atoms with Crippen LogP contribution in [0, 0.1) is 0 Å². The van der Waals surface area contributed by atoms with Crippen molar-refractivity contribution in [2.24, 2.45) is 0 Å². The molecule has 1 aliphatic rings. The third-order valence-electron chi connectivity index (χ3n) is 3.18. The van der Waals surface area contributed by atoms with E-state index in [9.17, 15) is 0 Å². The van der Waals surface area contributed by atoms with E-state index in [0.29, 0.717) is 0 Å². The van der Waals surface area contributed by atoms with E-state index in [1.807, 2.05) is 12.3 Å². The summed E-state index contributed by atoms with van der Waals surface area (Å²) in [4.78, 5) is 6.86. The van der Waals surface area contributed by atoms with E-state index in [2.05, 4.69) is 47.0 Å². The van der Waals surface area contributed by atoms with E-state index in [4.69, 9.17) is 0 Å². The molecule has 0 spiro atoms. The molecule has 2 heterocycles. The first kappa shape index (κ1) is 12.7. The third-order valence-corrected chi connectivity index (χ3v) is 4.33. The highest BCUT2D eigenvalue weighted by molar-refractivity contribution is 7.99. The fourth-order valence-corrected chi connectivity index (χ4v) is 3.46. The van der Waals surface area contributed by atoms with Gasteiger partial charge in [0.2, 0.25) is 0 Å². The highest BCUT2D eigenvalue weighted by Gasteiger charge is 2.20. The normalized spacial score (nSPS) is 19.8. The molecule has 3 nitrogen and oxygen atoms in total. The highest BCUT2D eigenvalue weighted by atomic mass is 32.2. The van der Waals surface area contributed by atoms with Crippen LogP contribution < -0.4 is 5.32 Å². The summed E-state index contributed by atoms with van der Waals surface area (Å²) in [5.74, 6) is 3.61. The second kappa shape index (κ2) is 6.26. The van der Waals surface area contributed by atoms with Crippen LogP contribution in [0.15, 0.2) is 18.3 Å². The van der Waals surface area contributed by atoms with Gasteiger partial charge in [0.25, 0.3) is 0 Å². The molecule has 1 atom stereocenters. The summed E-state index contributed by atoms with van der Waals surface area (Å²) in [6.45, 7) is 4.02.